The van der Waals surface area contributed by atoms with E-state index in [1.54, 1.807) is 12.3 Å². The third-order valence-corrected chi connectivity index (χ3v) is 3.67. The molecule has 0 saturated heterocycles. The summed E-state index contributed by atoms with van der Waals surface area (Å²) in [6.45, 7) is 2.97. The summed E-state index contributed by atoms with van der Waals surface area (Å²) in [4.78, 5) is 0. The summed E-state index contributed by atoms with van der Waals surface area (Å²) < 4.78 is 21.6. The fraction of sp³-hybridized carbons (Fsp3) is 0.385. The van der Waals surface area contributed by atoms with Gasteiger partial charge in [0, 0.05) is 5.02 Å². The highest BCUT2D eigenvalue weighted by molar-refractivity contribution is 6.99. The molecule has 19 heavy (non-hydrogen) atoms. The van der Waals surface area contributed by atoms with Gasteiger partial charge < -0.3 is 5.32 Å². The number of aromatic nitrogens is 2. The van der Waals surface area contributed by atoms with Crippen LogP contribution in [0.2, 0.25) is 5.02 Å². The Labute approximate surface area is 121 Å². The maximum absolute atomic E-state index is 13.3. The number of nitrogens with one attached hydrogen (secondary N) is 1. The highest BCUT2D eigenvalue weighted by atomic mass is 35.5. The van der Waals surface area contributed by atoms with E-state index in [1.807, 2.05) is 0 Å². The molecular weight excluding hydrogens is 285 g/mol. The van der Waals surface area contributed by atoms with Crippen LogP contribution in [0.1, 0.15) is 30.6 Å². The third kappa shape index (κ3) is 3.96. The maximum atomic E-state index is 13.3. The molecule has 2 aromatic rings. The molecule has 1 N–H and O–H groups in total. The van der Waals surface area contributed by atoms with Crippen molar-refractivity contribution >= 4 is 23.3 Å². The summed E-state index contributed by atoms with van der Waals surface area (Å²) in [5.41, 5.74) is 1.65. The first-order valence-corrected chi connectivity index (χ1v) is 7.26. The monoisotopic (exact) mass is 299 g/mol. The van der Waals surface area contributed by atoms with Crippen molar-refractivity contribution < 1.29 is 4.39 Å². The lowest BCUT2D eigenvalue weighted by atomic mass is 10.0. The van der Waals surface area contributed by atoms with E-state index in [-0.39, 0.29) is 11.9 Å². The van der Waals surface area contributed by atoms with E-state index in [0.29, 0.717) is 11.4 Å². The van der Waals surface area contributed by atoms with E-state index < -0.39 is 0 Å². The standard InChI is InChI=1S/C13H15ClFN3S/c1-2-5-16-12(13-8-17-19-18-13)7-9-6-10(15)3-4-11(9)14/h3-4,6,8,12,16H,2,5,7H2,1H3. The van der Waals surface area contributed by atoms with Crippen LogP contribution in [0.3, 0.4) is 0 Å². The lowest BCUT2D eigenvalue weighted by molar-refractivity contribution is 0.519. The Balaban J connectivity index is 2.17. The Kier molecular flexibility index (Phi) is 5.24. The molecule has 0 spiro atoms. The quantitative estimate of drug-likeness (QED) is 0.885. The molecule has 1 aromatic heterocycles. The van der Waals surface area contributed by atoms with E-state index in [4.69, 9.17) is 11.6 Å². The lowest BCUT2D eigenvalue weighted by Gasteiger charge is -2.17. The molecular formula is C13H15ClFN3S. The fourth-order valence-electron chi connectivity index (χ4n) is 1.84. The molecule has 102 valence electrons. The molecule has 6 heteroatoms. The summed E-state index contributed by atoms with van der Waals surface area (Å²) >= 11 is 7.28. The van der Waals surface area contributed by atoms with Gasteiger partial charge in [0.1, 0.15) is 5.82 Å². The molecule has 1 unspecified atom stereocenters. The van der Waals surface area contributed by atoms with Crippen LogP contribution in [-0.4, -0.2) is 15.3 Å². The predicted molar refractivity (Wildman–Crippen MR) is 76.1 cm³/mol. The summed E-state index contributed by atoms with van der Waals surface area (Å²) in [7, 11) is 0. The molecule has 0 fully saturated rings. The van der Waals surface area contributed by atoms with Crippen molar-refractivity contribution in [3.8, 4) is 0 Å². The topological polar surface area (TPSA) is 37.8 Å². The van der Waals surface area contributed by atoms with Crippen molar-refractivity contribution in [3.05, 3.63) is 46.5 Å². The summed E-state index contributed by atoms with van der Waals surface area (Å²) in [5.74, 6) is -0.273. The average Bonchev–Trinajstić information content (AvgIpc) is 2.92. The lowest BCUT2D eigenvalue weighted by Crippen LogP contribution is -2.24. The first kappa shape index (κ1) is 14.4. The van der Waals surface area contributed by atoms with Gasteiger partial charge >= 0.3 is 0 Å². The Morgan fingerprint density at radius 3 is 3.00 bits per heavy atom. The van der Waals surface area contributed by atoms with Gasteiger partial charge in [0.2, 0.25) is 0 Å². The fourth-order valence-corrected chi connectivity index (χ4v) is 2.51. The van der Waals surface area contributed by atoms with Crippen LogP contribution in [0, 0.1) is 5.82 Å². The van der Waals surface area contributed by atoms with Crippen molar-refractivity contribution in [3.63, 3.8) is 0 Å². The summed E-state index contributed by atoms with van der Waals surface area (Å²) in [5, 5.41) is 3.97. The van der Waals surface area contributed by atoms with Gasteiger partial charge in [-0.25, -0.2) is 4.39 Å². The largest absolute Gasteiger partial charge is 0.308 e. The van der Waals surface area contributed by atoms with Crippen molar-refractivity contribution in [1.29, 1.82) is 0 Å². The van der Waals surface area contributed by atoms with Crippen LogP contribution in [0.25, 0.3) is 0 Å². The van der Waals surface area contributed by atoms with Gasteiger partial charge in [0.05, 0.1) is 29.7 Å². The zero-order chi connectivity index (χ0) is 13.7. The number of hydrogen-bond acceptors (Lipinski definition) is 4. The van der Waals surface area contributed by atoms with E-state index in [0.717, 1.165) is 24.2 Å². The van der Waals surface area contributed by atoms with Crippen molar-refractivity contribution in [2.24, 2.45) is 0 Å². The van der Waals surface area contributed by atoms with Gasteiger partial charge in [0.25, 0.3) is 0 Å². The van der Waals surface area contributed by atoms with Gasteiger partial charge in [-0.3, -0.25) is 0 Å². The van der Waals surface area contributed by atoms with Crippen molar-refractivity contribution in [2.45, 2.75) is 25.8 Å². The molecule has 0 aliphatic heterocycles. The molecule has 1 atom stereocenters. The highest BCUT2D eigenvalue weighted by Gasteiger charge is 2.16. The Morgan fingerprint density at radius 1 is 1.47 bits per heavy atom. The molecule has 0 amide bonds. The number of halogens is 2. The second kappa shape index (κ2) is 6.93. The van der Waals surface area contributed by atoms with Gasteiger partial charge in [-0.1, -0.05) is 18.5 Å². The van der Waals surface area contributed by atoms with Crippen LogP contribution in [0.15, 0.2) is 24.4 Å². The Bertz CT molecular complexity index is 519. The molecule has 3 nitrogen and oxygen atoms in total. The van der Waals surface area contributed by atoms with Gasteiger partial charge in [0.15, 0.2) is 0 Å². The molecule has 0 aliphatic rings. The smallest absolute Gasteiger partial charge is 0.123 e. The van der Waals surface area contributed by atoms with Gasteiger partial charge in [-0.15, -0.1) is 0 Å². The SMILES string of the molecule is CCCNC(Cc1cc(F)ccc1Cl)c1cnsn1. The van der Waals surface area contributed by atoms with Crippen LogP contribution in [-0.2, 0) is 6.42 Å². The summed E-state index contributed by atoms with van der Waals surface area (Å²) in [6, 6.07) is 4.44. The maximum Gasteiger partial charge on any atom is 0.123 e. The molecule has 1 heterocycles. The number of hydrogen-bond donors (Lipinski definition) is 1. The minimum atomic E-state index is -0.273. The minimum absolute atomic E-state index is 0.0120. The highest BCUT2D eigenvalue weighted by Crippen LogP contribution is 2.23. The third-order valence-electron chi connectivity index (χ3n) is 2.81. The second-order valence-electron chi connectivity index (χ2n) is 4.28. The molecule has 0 aliphatic carbocycles. The van der Waals surface area contributed by atoms with E-state index in [1.165, 1.54) is 23.9 Å². The van der Waals surface area contributed by atoms with Crippen molar-refractivity contribution in [2.75, 3.05) is 6.54 Å². The molecule has 0 radical (unpaired) electrons. The molecule has 1 aromatic carbocycles. The zero-order valence-corrected chi connectivity index (χ0v) is 12.1. The van der Waals surface area contributed by atoms with E-state index >= 15 is 0 Å². The van der Waals surface area contributed by atoms with Crippen LogP contribution < -0.4 is 5.32 Å². The number of nitrogens with zero attached hydrogens (tertiary/aromatic N) is 2. The van der Waals surface area contributed by atoms with E-state index in [2.05, 4.69) is 21.0 Å². The molecule has 2 rings (SSSR count). The number of rotatable bonds is 6. The van der Waals surface area contributed by atoms with Crippen LogP contribution >= 0.6 is 23.3 Å². The first-order valence-electron chi connectivity index (χ1n) is 6.15. The Hall–Kier alpha value is -1.04. The van der Waals surface area contributed by atoms with Crippen LogP contribution in [0.5, 0.6) is 0 Å². The van der Waals surface area contributed by atoms with Gasteiger partial charge in [-0.05, 0) is 43.1 Å². The molecule has 0 bridgehead atoms. The number of benzene rings is 1. The first-order chi connectivity index (χ1) is 9.20. The minimum Gasteiger partial charge on any atom is -0.308 e. The predicted octanol–water partition coefficient (Wildman–Crippen LogP) is 3.61. The summed E-state index contributed by atoms with van der Waals surface area (Å²) in [6.07, 6.45) is 3.36. The normalized spacial score (nSPS) is 12.6. The average molecular weight is 300 g/mol. The van der Waals surface area contributed by atoms with Crippen molar-refractivity contribution in [1.82, 2.24) is 14.1 Å². The van der Waals surface area contributed by atoms with E-state index in [9.17, 15) is 4.39 Å². The van der Waals surface area contributed by atoms with Crippen LogP contribution in [0.4, 0.5) is 4.39 Å². The second-order valence-corrected chi connectivity index (χ2v) is 5.24. The van der Waals surface area contributed by atoms with Gasteiger partial charge in [-0.2, -0.15) is 8.75 Å². The Morgan fingerprint density at radius 2 is 2.32 bits per heavy atom. The zero-order valence-electron chi connectivity index (χ0n) is 10.6. The molecule has 0 saturated carbocycles.